The van der Waals surface area contributed by atoms with Gasteiger partial charge in [0.05, 0.1) is 5.69 Å². The van der Waals surface area contributed by atoms with Crippen LogP contribution >= 0.6 is 0 Å². The lowest BCUT2D eigenvalue weighted by Gasteiger charge is -2.32. The molecule has 0 atom stereocenters. The molecule has 0 spiro atoms. The lowest BCUT2D eigenvalue weighted by molar-refractivity contribution is -0.137. The van der Waals surface area contributed by atoms with E-state index in [4.69, 9.17) is 0 Å². The lowest BCUT2D eigenvalue weighted by Crippen LogP contribution is -2.43. The Labute approximate surface area is 147 Å². The van der Waals surface area contributed by atoms with Gasteiger partial charge in [0.25, 0.3) is 0 Å². The van der Waals surface area contributed by atoms with Crippen molar-refractivity contribution in [3.8, 4) is 5.69 Å². The maximum Gasteiger partial charge on any atom is 0.227 e. The third-order valence-electron chi connectivity index (χ3n) is 4.49. The minimum Gasteiger partial charge on any atom is -0.342 e. The minimum absolute atomic E-state index is 0.00822. The number of nitrogens with zero attached hydrogens (tertiary/aromatic N) is 4. The lowest BCUT2D eigenvalue weighted by atomic mass is 9.95. The van der Waals surface area contributed by atoms with E-state index in [1.54, 1.807) is 11.0 Å². The van der Waals surface area contributed by atoms with Gasteiger partial charge in [-0.1, -0.05) is 13.8 Å². The van der Waals surface area contributed by atoms with Crippen molar-refractivity contribution in [2.75, 3.05) is 18.4 Å². The van der Waals surface area contributed by atoms with Crippen LogP contribution in [0.5, 0.6) is 0 Å². The average Bonchev–Trinajstić information content (AvgIpc) is 3.16. The number of carbonyl (C=O) groups is 2. The fraction of sp³-hybridized carbons (Fsp3) is 0.444. The molecule has 0 radical (unpaired) electrons. The summed E-state index contributed by atoms with van der Waals surface area (Å²) in [6, 6.07) is 7.47. The molecule has 3 rings (SSSR count). The maximum absolute atomic E-state index is 12.4. The topological polar surface area (TPSA) is 80.1 Å². The van der Waals surface area contributed by atoms with Crippen molar-refractivity contribution in [1.82, 2.24) is 19.7 Å². The number of nitrogens with one attached hydrogen (secondary N) is 1. The summed E-state index contributed by atoms with van der Waals surface area (Å²) in [7, 11) is 0. The zero-order valence-corrected chi connectivity index (χ0v) is 14.6. The predicted octanol–water partition coefficient (Wildman–Crippen LogP) is 2.10. The van der Waals surface area contributed by atoms with Crippen molar-refractivity contribution < 1.29 is 9.59 Å². The van der Waals surface area contributed by atoms with Crippen molar-refractivity contribution in [2.45, 2.75) is 26.7 Å². The molecule has 0 aliphatic carbocycles. The Balaban J connectivity index is 1.54. The number of benzene rings is 1. The van der Waals surface area contributed by atoms with Crippen molar-refractivity contribution in [3.63, 3.8) is 0 Å². The number of hydrogen-bond acceptors (Lipinski definition) is 4. The number of hydrogen-bond donors (Lipinski definition) is 1. The second-order valence-corrected chi connectivity index (χ2v) is 6.63. The molecule has 2 heterocycles. The van der Waals surface area contributed by atoms with Gasteiger partial charge in [0, 0.05) is 30.6 Å². The highest BCUT2D eigenvalue weighted by molar-refractivity contribution is 5.92. The fourth-order valence-electron chi connectivity index (χ4n) is 3.01. The monoisotopic (exact) mass is 341 g/mol. The van der Waals surface area contributed by atoms with Crippen LogP contribution in [0, 0.1) is 11.8 Å². The Kier molecular flexibility index (Phi) is 5.11. The van der Waals surface area contributed by atoms with Crippen LogP contribution in [0.25, 0.3) is 5.69 Å². The SMILES string of the molecule is CC(C)C(=O)N1CCC(C(=O)Nc2ccc(-n3cncn3)cc2)CC1. The van der Waals surface area contributed by atoms with E-state index >= 15 is 0 Å². The van der Waals surface area contributed by atoms with E-state index in [1.807, 2.05) is 43.0 Å². The second kappa shape index (κ2) is 7.46. The summed E-state index contributed by atoms with van der Waals surface area (Å²) in [6.07, 6.45) is 4.52. The maximum atomic E-state index is 12.4. The quantitative estimate of drug-likeness (QED) is 0.923. The van der Waals surface area contributed by atoms with Gasteiger partial charge in [-0.05, 0) is 37.1 Å². The summed E-state index contributed by atoms with van der Waals surface area (Å²) in [6.45, 7) is 5.12. The number of piperidine rings is 1. The molecule has 0 saturated carbocycles. The predicted molar refractivity (Wildman–Crippen MR) is 94.1 cm³/mol. The van der Waals surface area contributed by atoms with Gasteiger partial charge in [0.1, 0.15) is 12.7 Å². The molecule has 132 valence electrons. The third-order valence-corrected chi connectivity index (χ3v) is 4.49. The van der Waals surface area contributed by atoms with Crippen molar-refractivity contribution in [2.24, 2.45) is 11.8 Å². The van der Waals surface area contributed by atoms with Crippen LogP contribution < -0.4 is 5.32 Å². The van der Waals surface area contributed by atoms with Gasteiger partial charge in [-0.15, -0.1) is 0 Å². The molecule has 1 aromatic carbocycles. The van der Waals surface area contributed by atoms with Gasteiger partial charge in [-0.25, -0.2) is 9.67 Å². The van der Waals surface area contributed by atoms with Crippen molar-refractivity contribution >= 4 is 17.5 Å². The summed E-state index contributed by atoms with van der Waals surface area (Å²) in [5, 5.41) is 7.03. The molecular weight excluding hydrogens is 318 g/mol. The van der Waals surface area contributed by atoms with Crippen LogP contribution in [0.3, 0.4) is 0 Å². The fourth-order valence-corrected chi connectivity index (χ4v) is 3.01. The van der Waals surface area contributed by atoms with E-state index in [0.29, 0.717) is 25.9 Å². The van der Waals surface area contributed by atoms with E-state index in [-0.39, 0.29) is 23.7 Å². The molecule has 1 fully saturated rings. The first kappa shape index (κ1) is 17.1. The average molecular weight is 341 g/mol. The number of likely N-dealkylation sites (tertiary alicyclic amines) is 1. The Bertz CT molecular complexity index is 716. The van der Waals surface area contributed by atoms with E-state index in [2.05, 4.69) is 15.4 Å². The highest BCUT2D eigenvalue weighted by atomic mass is 16.2. The van der Waals surface area contributed by atoms with Crippen molar-refractivity contribution in [1.29, 1.82) is 0 Å². The number of rotatable bonds is 4. The Hall–Kier alpha value is -2.70. The van der Waals surface area contributed by atoms with Gasteiger partial charge >= 0.3 is 0 Å². The van der Waals surface area contributed by atoms with E-state index < -0.39 is 0 Å². The van der Waals surface area contributed by atoms with E-state index in [1.165, 1.54) is 6.33 Å². The Morgan fingerprint density at radius 3 is 2.40 bits per heavy atom. The zero-order valence-electron chi connectivity index (χ0n) is 14.6. The van der Waals surface area contributed by atoms with Crippen LogP contribution in [0.2, 0.25) is 0 Å². The minimum atomic E-state index is -0.0498. The molecule has 1 aromatic heterocycles. The molecule has 1 N–H and O–H groups in total. The summed E-state index contributed by atoms with van der Waals surface area (Å²) < 4.78 is 1.66. The number of carbonyl (C=O) groups excluding carboxylic acids is 2. The highest BCUT2D eigenvalue weighted by Crippen LogP contribution is 2.21. The molecular formula is C18H23N5O2. The van der Waals surface area contributed by atoms with Crippen LogP contribution in [0.1, 0.15) is 26.7 Å². The first-order valence-electron chi connectivity index (χ1n) is 8.59. The van der Waals surface area contributed by atoms with E-state index in [9.17, 15) is 9.59 Å². The molecule has 0 unspecified atom stereocenters. The molecule has 1 aliphatic rings. The van der Waals surface area contributed by atoms with Crippen LogP contribution in [-0.2, 0) is 9.59 Å². The smallest absolute Gasteiger partial charge is 0.227 e. The van der Waals surface area contributed by atoms with Gasteiger partial charge < -0.3 is 10.2 Å². The first-order valence-corrected chi connectivity index (χ1v) is 8.59. The number of aromatic nitrogens is 3. The normalized spacial score (nSPS) is 15.4. The van der Waals surface area contributed by atoms with Gasteiger partial charge in [-0.3, -0.25) is 9.59 Å². The highest BCUT2D eigenvalue weighted by Gasteiger charge is 2.28. The number of anilines is 1. The van der Waals surface area contributed by atoms with Gasteiger partial charge in [-0.2, -0.15) is 5.10 Å². The molecule has 7 nitrogen and oxygen atoms in total. The molecule has 1 saturated heterocycles. The summed E-state index contributed by atoms with van der Waals surface area (Å²) in [4.78, 5) is 30.2. The van der Waals surface area contributed by atoms with Crippen LogP contribution in [0.4, 0.5) is 5.69 Å². The summed E-state index contributed by atoms with van der Waals surface area (Å²) in [5.41, 5.74) is 1.64. The van der Waals surface area contributed by atoms with E-state index in [0.717, 1.165) is 11.4 Å². The molecule has 7 heteroatoms. The Morgan fingerprint density at radius 1 is 1.16 bits per heavy atom. The zero-order chi connectivity index (χ0) is 17.8. The van der Waals surface area contributed by atoms with Gasteiger partial charge in [0.15, 0.2) is 0 Å². The Morgan fingerprint density at radius 2 is 1.84 bits per heavy atom. The van der Waals surface area contributed by atoms with Gasteiger partial charge in [0.2, 0.25) is 11.8 Å². The van der Waals surface area contributed by atoms with Crippen molar-refractivity contribution in [3.05, 3.63) is 36.9 Å². The molecule has 2 amide bonds. The third kappa shape index (κ3) is 4.04. The molecule has 1 aliphatic heterocycles. The summed E-state index contributed by atoms with van der Waals surface area (Å²) >= 11 is 0. The molecule has 0 bridgehead atoms. The van der Waals surface area contributed by atoms with Crippen LogP contribution in [0.15, 0.2) is 36.9 Å². The number of amides is 2. The molecule has 25 heavy (non-hydrogen) atoms. The van der Waals surface area contributed by atoms with Crippen LogP contribution in [-0.4, -0.2) is 44.6 Å². The summed E-state index contributed by atoms with van der Waals surface area (Å²) in [5.74, 6) is 0.146. The second-order valence-electron chi connectivity index (χ2n) is 6.63. The largest absolute Gasteiger partial charge is 0.342 e. The standard InChI is InChI=1S/C18H23N5O2/c1-13(2)18(25)22-9-7-14(8-10-22)17(24)21-15-3-5-16(6-4-15)23-12-19-11-20-23/h3-6,11-14H,7-10H2,1-2H3,(H,21,24). The first-order chi connectivity index (χ1) is 12.0. The molecule has 2 aromatic rings.